The Labute approximate surface area is 101 Å². The van der Waals surface area contributed by atoms with Gasteiger partial charge in [0.25, 0.3) is 0 Å². The van der Waals surface area contributed by atoms with Gasteiger partial charge < -0.3 is 15.8 Å². The van der Waals surface area contributed by atoms with Gasteiger partial charge in [0.2, 0.25) is 5.95 Å². The summed E-state index contributed by atoms with van der Waals surface area (Å²) in [6, 6.07) is 1.67. The molecule has 0 radical (unpaired) electrons. The third-order valence-electron chi connectivity index (χ3n) is 2.84. The van der Waals surface area contributed by atoms with E-state index in [1.54, 1.807) is 12.3 Å². The smallest absolute Gasteiger partial charge is 0.224 e. The number of ether oxygens (including phenoxy) is 1. The van der Waals surface area contributed by atoms with Crippen molar-refractivity contribution in [2.45, 2.75) is 13.0 Å². The molecule has 1 aliphatic rings. The second-order valence-corrected chi connectivity index (χ2v) is 4.07. The van der Waals surface area contributed by atoms with Gasteiger partial charge in [0.15, 0.2) is 0 Å². The molecule has 1 aliphatic heterocycles. The number of nitrogens with one attached hydrogen (secondary N) is 1. The molecule has 0 aromatic carbocycles. The van der Waals surface area contributed by atoms with E-state index in [4.69, 9.17) is 10.5 Å². The molecule has 0 aliphatic carbocycles. The van der Waals surface area contributed by atoms with Gasteiger partial charge in [-0.15, -0.1) is 0 Å². The average Bonchev–Trinajstić information content (AvgIpc) is 2.37. The van der Waals surface area contributed by atoms with Gasteiger partial charge in [0.05, 0.1) is 12.7 Å². The van der Waals surface area contributed by atoms with Crippen molar-refractivity contribution in [2.75, 3.05) is 43.8 Å². The minimum Gasteiger partial charge on any atom is -0.384 e. The highest BCUT2D eigenvalue weighted by atomic mass is 16.5. The van der Waals surface area contributed by atoms with Gasteiger partial charge in [-0.25, -0.2) is 4.98 Å². The van der Waals surface area contributed by atoms with Crippen LogP contribution in [0.4, 0.5) is 11.8 Å². The molecular formula is C11H19N5O. The summed E-state index contributed by atoms with van der Waals surface area (Å²) in [5, 5.41) is 3.15. The van der Waals surface area contributed by atoms with Crippen molar-refractivity contribution in [2.24, 2.45) is 0 Å². The number of rotatable bonds is 4. The van der Waals surface area contributed by atoms with E-state index in [-0.39, 0.29) is 6.10 Å². The Morgan fingerprint density at radius 1 is 1.65 bits per heavy atom. The topological polar surface area (TPSA) is 76.3 Å². The van der Waals surface area contributed by atoms with Crippen LogP contribution in [-0.4, -0.2) is 53.8 Å². The van der Waals surface area contributed by atoms with Crippen LogP contribution in [0.1, 0.15) is 6.92 Å². The van der Waals surface area contributed by atoms with Crippen LogP contribution in [0.25, 0.3) is 0 Å². The summed E-state index contributed by atoms with van der Waals surface area (Å²) in [5.41, 5.74) is 5.58. The predicted molar refractivity (Wildman–Crippen MR) is 66.8 cm³/mol. The second-order valence-electron chi connectivity index (χ2n) is 4.07. The second kappa shape index (κ2) is 5.79. The summed E-state index contributed by atoms with van der Waals surface area (Å²) in [6.07, 6.45) is 1.83. The van der Waals surface area contributed by atoms with Gasteiger partial charge in [-0.1, -0.05) is 6.92 Å². The van der Waals surface area contributed by atoms with Crippen LogP contribution in [0.15, 0.2) is 12.3 Å². The molecule has 17 heavy (non-hydrogen) atoms. The van der Waals surface area contributed by atoms with E-state index in [0.717, 1.165) is 26.2 Å². The number of nitrogens with two attached hydrogens (primary N) is 1. The van der Waals surface area contributed by atoms with Crippen molar-refractivity contribution < 1.29 is 4.74 Å². The van der Waals surface area contributed by atoms with Crippen molar-refractivity contribution in [3.63, 3.8) is 0 Å². The highest BCUT2D eigenvalue weighted by molar-refractivity contribution is 5.34. The van der Waals surface area contributed by atoms with Gasteiger partial charge in [0, 0.05) is 25.8 Å². The average molecular weight is 237 g/mol. The Morgan fingerprint density at radius 3 is 3.29 bits per heavy atom. The molecule has 94 valence electrons. The van der Waals surface area contributed by atoms with Crippen LogP contribution in [-0.2, 0) is 4.74 Å². The normalized spacial score (nSPS) is 21.4. The van der Waals surface area contributed by atoms with Gasteiger partial charge in [-0.2, -0.15) is 4.98 Å². The number of nitrogens with zero attached hydrogens (tertiary/aromatic N) is 3. The fraction of sp³-hybridized carbons (Fsp3) is 0.636. The molecule has 0 saturated carbocycles. The molecular weight excluding hydrogens is 218 g/mol. The third-order valence-corrected chi connectivity index (χ3v) is 2.84. The molecule has 6 nitrogen and oxygen atoms in total. The van der Waals surface area contributed by atoms with Crippen LogP contribution >= 0.6 is 0 Å². The molecule has 2 heterocycles. The number of hydrogen-bond acceptors (Lipinski definition) is 6. The van der Waals surface area contributed by atoms with E-state index < -0.39 is 0 Å². The molecule has 0 amide bonds. The maximum Gasteiger partial charge on any atom is 0.224 e. The van der Waals surface area contributed by atoms with E-state index in [9.17, 15) is 0 Å². The number of likely N-dealkylation sites (N-methyl/N-ethyl adjacent to an activating group) is 1. The molecule has 0 bridgehead atoms. The van der Waals surface area contributed by atoms with Gasteiger partial charge in [0.1, 0.15) is 5.82 Å². The van der Waals surface area contributed by atoms with Crippen molar-refractivity contribution in [1.29, 1.82) is 0 Å². The third kappa shape index (κ3) is 3.54. The van der Waals surface area contributed by atoms with E-state index in [1.807, 2.05) is 0 Å². The highest BCUT2D eigenvalue weighted by Crippen LogP contribution is 2.06. The van der Waals surface area contributed by atoms with Crippen molar-refractivity contribution in [3.05, 3.63) is 12.3 Å². The molecule has 6 heteroatoms. The van der Waals surface area contributed by atoms with Gasteiger partial charge >= 0.3 is 0 Å². The van der Waals surface area contributed by atoms with E-state index >= 15 is 0 Å². The van der Waals surface area contributed by atoms with Crippen LogP contribution in [0.2, 0.25) is 0 Å². The minimum absolute atomic E-state index is 0.189. The number of morpholine rings is 1. The molecule has 2 rings (SSSR count). The monoisotopic (exact) mass is 237 g/mol. The zero-order valence-corrected chi connectivity index (χ0v) is 10.1. The lowest BCUT2D eigenvalue weighted by Crippen LogP contribution is -2.45. The molecule has 3 N–H and O–H groups in total. The summed E-state index contributed by atoms with van der Waals surface area (Å²) < 4.78 is 5.67. The van der Waals surface area contributed by atoms with E-state index in [2.05, 4.69) is 27.1 Å². The zero-order valence-electron chi connectivity index (χ0n) is 10.1. The van der Waals surface area contributed by atoms with Crippen LogP contribution in [0, 0.1) is 0 Å². The lowest BCUT2D eigenvalue weighted by molar-refractivity contribution is -0.0192. The summed E-state index contributed by atoms with van der Waals surface area (Å²) >= 11 is 0. The highest BCUT2D eigenvalue weighted by Gasteiger charge is 2.18. The Balaban J connectivity index is 1.81. The molecule has 0 spiro atoms. The first kappa shape index (κ1) is 12.1. The quantitative estimate of drug-likeness (QED) is 0.778. The maximum absolute atomic E-state index is 5.67. The maximum atomic E-state index is 5.67. The molecule has 1 saturated heterocycles. The summed E-state index contributed by atoms with van der Waals surface area (Å²) in [5.74, 6) is 1.03. The Kier molecular flexibility index (Phi) is 4.11. The lowest BCUT2D eigenvalue weighted by Gasteiger charge is -2.32. The molecule has 1 fully saturated rings. The Morgan fingerprint density at radius 2 is 2.53 bits per heavy atom. The predicted octanol–water partition coefficient (Wildman–Crippen LogP) is 0.191. The van der Waals surface area contributed by atoms with Gasteiger partial charge in [-0.3, -0.25) is 4.90 Å². The van der Waals surface area contributed by atoms with Crippen LogP contribution < -0.4 is 11.1 Å². The largest absolute Gasteiger partial charge is 0.384 e. The summed E-state index contributed by atoms with van der Waals surface area (Å²) in [4.78, 5) is 10.5. The van der Waals surface area contributed by atoms with E-state index in [1.165, 1.54) is 0 Å². The minimum atomic E-state index is 0.189. The first-order valence-electron chi connectivity index (χ1n) is 5.94. The molecule has 1 atom stereocenters. The first-order valence-corrected chi connectivity index (χ1v) is 5.94. The van der Waals surface area contributed by atoms with Crippen molar-refractivity contribution >= 4 is 11.8 Å². The van der Waals surface area contributed by atoms with Crippen molar-refractivity contribution in [1.82, 2.24) is 14.9 Å². The SMILES string of the molecule is CCN1CCOC(CNc2nccc(N)n2)C1. The van der Waals surface area contributed by atoms with Crippen molar-refractivity contribution in [3.8, 4) is 0 Å². The van der Waals surface area contributed by atoms with Crippen LogP contribution in [0.5, 0.6) is 0 Å². The molecule has 1 unspecified atom stereocenters. The number of hydrogen-bond donors (Lipinski definition) is 2. The van der Waals surface area contributed by atoms with E-state index in [0.29, 0.717) is 18.3 Å². The lowest BCUT2D eigenvalue weighted by atomic mass is 10.2. The Bertz CT molecular complexity index is 359. The standard InChI is InChI=1S/C11H19N5O/c1-2-16-5-6-17-9(8-16)7-14-11-13-4-3-10(12)15-11/h3-4,9H,2,5-8H2,1H3,(H3,12,13,14,15). The fourth-order valence-electron chi connectivity index (χ4n) is 1.85. The zero-order chi connectivity index (χ0) is 12.1. The Hall–Kier alpha value is -1.40. The van der Waals surface area contributed by atoms with Gasteiger partial charge in [-0.05, 0) is 12.6 Å². The summed E-state index contributed by atoms with van der Waals surface area (Å²) in [6.45, 7) is 6.69. The molecule has 1 aromatic heterocycles. The number of aromatic nitrogens is 2. The summed E-state index contributed by atoms with van der Waals surface area (Å²) in [7, 11) is 0. The van der Waals surface area contributed by atoms with Crippen LogP contribution in [0.3, 0.4) is 0 Å². The first-order chi connectivity index (χ1) is 8.28. The number of anilines is 2. The number of nitrogen functional groups attached to an aromatic ring is 1. The fourth-order valence-corrected chi connectivity index (χ4v) is 1.85. The molecule has 1 aromatic rings.